The van der Waals surface area contributed by atoms with Crippen molar-refractivity contribution in [1.82, 2.24) is 0 Å². The van der Waals surface area contributed by atoms with Gasteiger partial charge in [-0.15, -0.1) is 0 Å². The van der Waals surface area contributed by atoms with Crippen LogP contribution in [0, 0.1) is 27.7 Å². The Balaban J connectivity index is 2.24. The van der Waals surface area contributed by atoms with E-state index in [0.29, 0.717) is 11.8 Å². The van der Waals surface area contributed by atoms with E-state index in [1.807, 2.05) is 6.92 Å². The molecule has 2 N–H and O–H groups in total. The number of nitrogens with zero attached hydrogens (tertiary/aromatic N) is 2. The normalized spacial score (nSPS) is 30.8. The fourth-order valence-electron chi connectivity index (χ4n) is 3.00. The zero-order valence-electron chi connectivity index (χ0n) is 11.6. The molecule has 1 saturated heterocycles. The Morgan fingerprint density at radius 3 is 2.95 bits per heavy atom. The predicted molar refractivity (Wildman–Crippen MR) is 77.7 cm³/mol. The van der Waals surface area contributed by atoms with E-state index in [1.165, 1.54) is 11.8 Å². The van der Waals surface area contributed by atoms with Gasteiger partial charge in [-0.25, -0.2) is 13.8 Å². The van der Waals surface area contributed by atoms with E-state index in [1.54, 1.807) is 0 Å². The van der Waals surface area contributed by atoms with Crippen LogP contribution < -0.4 is 5.73 Å². The number of hydrogen-bond acceptors (Lipinski definition) is 6. The molecule has 9 heteroatoms. The predicted octanol–water partition coefficient (Wildman–Crippen LogP) is 2.16. The standard InChI is InChI=1S/C13H13F2N3O3S/c1-6-9-4-22-12(16)17-13(9,5-21-6)8-2-7(18(19)20)3-10(14)11(8)15/h2-3,6,9H,4-5H2,1H3,(H2,16,17)/t6-,9-,13-/m1/s1. The molecule has 0 unspecified atom stereocenters. The van der Waals surface area contributed by atoms with E-state index >= 15 is 0 Å². The van der Waals surface area contributed by atoms with Crippen LogP contribution in [0.1, 0.15) is 12.5 Å². The third kappa shape index (κ3) is 2.15. The topological polar surface area (TPSA) is 90.8 Å². The molecular formula is C13H13F2N3O3S. The SMILES string of the molecule is C[C@H]1OC[C@]2(c3cc([N+](=O)[O-])cc(F)c3F)N=C(N)SC[C@H]12. The monoisotopic (exact) mass is 329 g/mol. The lowest BCUT2D eigenvalue weighted by Crippen LogP contribution is -2.42. The van der Waals surface area contributed by atoms with Crippen molar-refractivity contribution in [2.24, 2.45) is 16.6 Å². The van der Waals surface area contributed by atoms with Gasteiger partial charge in [-0.05, 0) is 6.92 Å². The highest BCUT2D eigenvalue weighted by Crippen LogP contribution is 2.48. The fourth-order valence-corrected chi connectivity index (χ4v) is 4.12. The van der Waals surface area contributed by atoms with Gasteiger partial charge in [0.2, 0.25) is 0 Å². The van der Waals surface area contributed by atoms with Crippen molar-refractivity contribution in [2.75, 3.05) is 12.4 Å². The molecule has 0 bridgehead atoms. The lowest BCUT2D eigenvalue weighted by atomic mass is 9.79. The van der Waals surface area contributed by atoms with Crippen molar-refractivity contribution in [1.29, 1.82) is 0 Å². The number of ether oxygens (including phenoxy) is 1. The molecule has 0 spiro atoms. The Labute approximate surface area is 128 Å². The summed E-state index contributed by atoms with van der Waals surface area (Å²) < 4.78 is 33.7. The summed E-state index contributed by atoms with van der Waals surface area (Å²) in [4.78, 5) is 14.5. The highest BCUT2D eigenvalue weighted by Gasteiger charge is 2.53. The largest absolute Gasteiger partial charge is 0.379 e. The average molecular weight is 329 g/mol. The van der Waals surface area contributed by atoms with Gasteiger partial charge in [0.05, 0.1) is 23.7 Å². The van der Waals surface area contributed by atoms with Gasteiger partial charge in [0.25, 0.3) is 5.69 Å². The van der Waals surface area contributed by atoms with Gasteiger partial charge in [-0.3, -0.25) is 10.1 Å². The summed E-state index contributed by atoms with van der Waals surface area (Å²) in [5.74, 6) is -2.12. The molecule has 0 amide bonds. The number of amidine groups is 1. The van der Waals surface area contributed by atoms with Crippen LogP contribution in [0.3, 0.4) is 0 Å². The third-order valence-electron chi connectivity index (χ3n) is 4.16. The van der Waals surface area contributed by atoms with Crippen molar-refractivity contribution < 1.29 is 18.4 Å². The van der Waals surface area contributed by atoms with Gasteiger partial charge in [0.15, 0.2) is 16.8 Å². The summed E-state index contributed by atoms with van der Waals surface area (Å²) in [6.07, 6.45) is -0.230. The zero-order valence-corrected chi connectivity index (χ0v) is 12.4. The number of rotatable bonds is 2. The number of benzene rings is 1. The van der Waals surface area contributed by atoms with E-state index in [-0.39, 0.29) is 29.4 Å². The highest BCUT2D eigenvalue weighted by molar-refractivity contribution is 8.13. The zero-order chi connectivity index (χ0) is 16.1. The Morgan fingerprint density at radius 1 is 1.55 bits per heavy atom. The van der Waals surface area contributed by atoms with Gasteiger partial charge < -0.3 is 10.5 Å². The second-order valence-electron chi connectivity index (χ2n) is 5.35. The Kier molecular flexibility index (Phi) is 3.56. The minimum absolute atomic E-state index is 0.0115. The van der Waals surface area contributed by atoms with Gasteiger partial charge in [-0.1, -0.05) is 11.8 Å². The molecule has 2 aliphatic rings. The van der Waals surface area contributed by atoms with Gasteiger partial charge in [0.1, 0.15) is 5.54 Å². The van der Waals surface area contributed by atoms with E-state index in [2.05, 4.69) is 4.99 Å². The molecule has 0 saturated carbocycles. The quantitative estimate of drug-likeness (QED) is 0.663. The molecule has 118 valence electrons. The molecule has 1 aromatic carbocycles. The van der Waals surface area contributed by atoms with Crippen LogP contribution in [0.5, 0.6) is 0 Å². The number of non-ortho nitro benzene ring substituents is 1. The molecule has 1 fully saturated rings. The van der Waals surface area contributed by atoms with E-state index < -0.39 is 27.8 Å². The minimum Gasteiger partial charge on any atom is -0.379 e. The van der Waals surface area contributed by atoms with Gasteiger partial charge >= 0.3 is 0 Å². The number of aliphatic imine (C=N–C) groups is 1. The van der Waals surface area contributed by atoms with Crippen LogP contribution in [0.2, 0.25) is 0 Å². The van der Waals surface area contributed by atoms with Crippen LogP contribution in [-0.2, 0) is 10.3 Å². The summed E-state index contributed by atoms with van der Waals surface area (Å²) in [6, 6.07) is 1.59. The third-order valence-corrected chi connectivity index (χ3v) is 5.07. The average Bonchev–Trinajstić information content (AvgIpc) is 2.79. The Morgan fingerprint density at radius 2 is 2.27 bits per heavy atom. The molecule has 3 rings (SSSR count). The Bertz CT molecular complexity index is 685. The highest BCUT2D eigenvalue weighted by atomic mass is 32.2. The summed E-state index contributed by atoms with van der Waals surface area (Å²) in [6.45, 7) is 1.83. The first kappa shape index (κ1) is 15.2. The number of halogens is 2. The van der Waals surface area contributed by atoms with Crippen LogP contribution in [0.15, 0.2) is 17.1 Å². The first-order valence-corrected chi connectivity index (χ1v) is 7.57. The Hall–Kier alpha value is -1.74. The van der Waals surface area contributed by atoms with Crippen LogP contribution in [-0.4, -0.2) is 28.6 Å². The van der Waals surface area contributed by atoms with Crippen molar-refractivity contribution in [2.45, 2.75) is 18.6 Å². The molecule has 0 aromatic heterocycles. The molecule has 1 aromatic rings. The van der Waals surface area contributed by atoms with Gasteiger partial charge in [-0.2, -0.15) is 0 Å². The number of thioether (sulfide) groups is 1. The molecule has 2 aliphatic heterocycles. The molecule has 22 heavy (non-hydrogen) atoms. The molecular weight excluding hydrogens is 316 g/mol. The summed E-state index contributed by atoms with van der Waals surface area (Å²) in [5.41, 5.74) is 3.85. The van der Waals surface area contributed by atoms with E-state index in [9.17, 15) is 18.9 Å². The van der Waals surface area contributed by atoms with Crippen molar-refractivity contribution >= 4 is 22.6 Å². The van der Waals surface area contributed by atoms with Gasteiger partial charge in [0, 0.05) is 23.3 Å². The lowest BCUT2D eigenvalue weighted by molar-refractivity contribution is -0.385. The van der Waals surface area contributed by atoms with Crippen LogP contribution in [0.25, 0.3) is 0 Å². The first-order valence-electron chi connectivity index (χ1n) is 6.59. The molecule has 0 aliphatic carbocycles. The smallest absolute Gasteiger partial charge is 0.272 e. The van der Waals surface area contributed by atoms with Crippen molar-refractivity contribution in [3.63, 3.8) is 0 Å². The number of nitro groups is 1. The summed E-state index contributed by atoms with van der Waals surface area (Å²) >= 11 is 1.31. The summed E-state index contributed by atoms with van der Waals surface area (Å²) in [5, 5.41) is 11.2. The molecule has 6 nitrogen and oxygen atoms in total. The molecule has 3 atom stereocenters. The number of fused-ring (bicyclic) bond motifs is 1. The second-order valence-corrected chi connectivity index (χ2v) is 6.39. The van der Waals surface area contributed by atoms with Crippen LogP contribution >= 0.6 is 11.8 Å². The number of nitro benzene ring substituents is 1. The maximum absolute atomic E-state index is 14.3. The number of hydrogen-bond donors (Lipinski definition) is 1. The van der Waals surface area contributed by atoms with E-state index in [4.69, 9.17) is 10.5 Å². The maximum Gasteiger partial charge on any atom is 0.272 e. The van der Waals surface area contributed by atoms with Crippen molar-refractivity contribution in [3.8, 4) is 0 Å². The molecule has 0 radical (unpaired) electrons. The van der Waals surface area contributed by atoms with E-state index in [0.717, 1.165) is 6.07 Å². The van der Waals surface area contributed by atoms with Crippen molar-refractivity contribution in [3.05, 3.63) is 39.4 Å². The fraction of sp³-hybridized carbons (Fsp3) is 0.462. The lowest BCUT2D eigenvalue weighted by Gasteiger charge is -2.35. The molecule has 2 heterocycles. The van der Waals surface area contributed by atoms with Crippen LogP contribution in [0.4, 0.5) is 14.5 Å². The second kappa shape index (κ2) is 5.17. The first-order chi connectivity index (χ1) is 10.3. The number of nitrogens with two attached hydrogens (primary N) is 1. The maximum atomic E-state index is 14.3. The summed E-state index contributed by atoms with van der Waals surface area (Å²) in [7, 11) is 0. The minimum atomic E-state index is -1.27.